The Hall–Kier alpha value is -2.63. The third-order valence-corrected chi connectivity index (χ3v) is 3.36. The van der Waals surface area contributed by atoms with Crippen molar-refractivity contribution < 1.29 is 4.79 Å². The van der Waals surface area contributed by atoms with Gasteiger partial charge in [0.2, 0.25) is 5.91 Å². The largest absolute Gasteiger partial charge is 0.365 e. The molecule has 108 valence electrons. The average Bonchev–Trinajstić information content (AvgIpc) is 3.09. The van der Waals surface area contributed by atoms with Crippen LogP contribution in [-0.2, 0) is 17.8 Å². The highest BCUT2D eigenvalue weighted by molar-refractivity contribution is 5.81. The summed E-state index contributed by atoms with van der Waals surface area (Å²) in [5.74, 6) is -0.0587. The number of nitrogens with one attached hydrogen (secondary N) is 2. The minimum atomic E-state index is -0.0587. The number of hydrogen-bond donors (Lipinski definition) is 2. The number of rotatable bonds is 5. The van der Waals surface area contributed by atoms with Gasteiger partial charge in [0.05, 0.1) is 5.69 Å². The van der Waals surface area contributed by atoms with Crippen molar-refractivity contribution in [3.63, 3.8) is 0 Å². The van der Waals surface area contributed by atoms with E-state index in [9.17, 15) is 4.79 Å². The van der Waals surface area contributed by atoms with Gasteiger partial charge in [-0.2, -0.15) is 5.10 Å². The SMILES string of the molecule is Cc1nn(CC(=O)NCCc2ccc[nH]2)c2ncccc12. The van der Waals surface area contributed by atoms with Gasteiger partial charge in [-0.05, 0) is 31.2 Å². The van der Waals surface area contributed by atoms with Crippen LogP contribution in [0.3, 0.4) is 0 Å². The fraction of sp³-hybridized carbons (Fsp3) is 0.267. The van der Waals surface area contributed by atoms with E-state index >= 15 is 0 Å². The Morgan fingerprint density at radius 2 is 2.29 bits per heavy atom. The zero-order valence-electron chi connectivity index (χ0n) is 11.8. The maximum atomic E-state index is 12.0. The van der Waals surface area contributed by atoms with E-state index in [1.165, 1.54) is 0 Å². The summed E-state index contributed by atoms with van der Waals surface area (Å²) in [5.41, 5.74) is 2.74. The lowest BCUT2D eigenvalue weighted by molar-refractivity contribution is -0.121. The summed E-state index contributed by atoms with van der Waals surface area (Å²) in [6.45, 7) is 2.71. The lowest BCUT2D eigenvalue weighted by atomic mass is 10.3. The second kappa shape index (κ2) is 5.78. The van der Waals surface area contributed by atoms with Crippen LogP contribution in [0.5, 0.6) is 0 Å². The zero-order chi connectivity index (χ0) is 14.7. The molecule has 0 unspecified atom stereocenters. The topological polar surface area (TPSA) is 75.6 Å². The van der Waals surface area contributed by atoms with Crippen molar-refractivity contribution in [2.45, 2.75) is 19.9 Å². The van der Waals surface area contributed by atoms with Gasteiger partial charge in [-0.3, -0.25) is 4.79 Å². The highest BCUT2D eigenvalue weighted by atomic mass is 16.2. The van der Waals surface area contributed by atoms with Crippen molar-refractivity contribution in [1.29, 1.82) is 0 Å². The van der Waals surface area contributed by atoms with E-state index in [1.807, 2.05) is 37.4 Å². The molecule has 6 nitrogen and oxygen atoms in total. The molecule has 0 atom stereocenters. The third-order valence-electron chi connectivity index (χ3n) is 3.36. The molecular weight excluding hydrogens is 266 g/mol. The molecule has 1 amide bonds. The fourth-order valence-corrected chi connectivity index (χ4v) is 2.33. The van der Waals surface area contributed by atoms with E-state index in [1.54, 1.807) is 10.9 Å². The van der Waals surface area contributed by atoms with Gasteiger partial charge in [0.1, 0.15) is 6.54 Å². The number of fused-ring (bicyclic) bond motifs is 1. The van der Waals surface area contributed by atoms with Crippen LogP contribution in [0.25, 0.3) is 11.0 Å². The first-order valence-corrected chi connectivity index (χ1v) is 6.91. The number of aromatic amines is 1. The van der Waals surface area contributed by atoms with Crippen molar-refractivity contribution in [2.24, 2.45) is 0 Å². The number of hydrogen-bond acceptors (Lipinski definition) is 3. The Morgan fingerprint density at radius 1 is 1.38 bits per heavy atom. The Kier molecular flexibility index (Phi) is 3.68. The Morgan fingerprint density at radius 3 is 3.10 bits per heavy atom. The molecule has 0 aliphatic heterocycles. The molecule has 3 rings (SSSR count). The van der Waals surface area contributed by atoms with Crippen LogP contribution < -0.4 is 5.32 Å². The van der Waals surface area contributed by atoms with Gasteiger partial charge in [0, 0.05) is 36.4 Å². The average molecular weight is 283 g/mol. The fourth-order valence-electron chi connectivity index (χ4n) is 2.33. The highest BCUT2D eigenvalue weighted by Gasteiger charge is 2.10. The number of H-pyrrole nitrogens is 1. The molecule has 0 fully saturated rings. The third kappa shape index (κ3) is 2.94. The summed E-state index contributed by atoms with van der Waals surface area (Å²) in [6, 6.07) is 7.78. The summed E-state index contributed by atoms with van der Waals surface area (Å²) in [4.78, 5) is 19.4. The summed E-state index contributed by atoms with van der Waals surface area (Å²) in [5, 5.41) is 8.25. The maximum Gasteiger partial charge on any atom is 0.241 e. The first-order chi connectivity index (χ1) is 10.2. The van der Waals surface area contributed by atoms with Gasteiger partial charge >= 0.3 is 0 Å². The van der Waals surface area contributed by atoms with Crippen molar-refractivity contribution >= 4 is 16.9 Å². The van der Waals surface area contributed by atoms with E-state index in [0.29, 0.717) is 6.54 Å². The lowest BCUT2D eigenvalue weighted by Gasteiger charge is -2.05. The molecule has 2 N–H and O–H groups in total. The van der Waals surface area contributed by atoms with Crippen LogP contribution in [0.15, 0.2) is 36.7 Å². The van der Waals surface area contributed by atoms with E-state index in [4.69, 9.17) is 0 Å². The van der Waals surface area contributed by atoms with Crippen LogP contribution in [0.1, 0.15) is 11.4 Å². The molecular formula is C15H17N5O. The first-order valence-electron chi connectivity index (χ1n) is 6.91. The van der Waals surface area contributed by atoms with Crippen molar-refractivity contribution in [3.8, 4) is 0 Å². The summed E-state index contributed by atoms with van der Waals surface area (Å²) < 4.78 is 1.65. The molecule has 0 radical (unpaired) electrons. The van der Waals surface area contributed by atoms with E-state index < -0.39 is 0 Å². The molecule has 0 saturated heterocycles. The predicted octanol–water partition coefficient (Wildman–Crippen LogP) is 1.43. The van der Waals surface area contributed by atoms with E-state index in [2.05, 4.69) is 20.4 Å². The number of aryl methyl sites for hydroxylation is 1. The summed E-state index contributed by atoms with van der Waals surface area (Å²) >= 11 is 0. The standard InChI is InChI=1S/C15H17N5O/c1-11-13-5-3-8-18-15(13)20(19-11)10-14(21)17-9-6-12-4-2-7-16-12/h2-5,7-8,16H,6,9-10H2,1H3,(H,17,21). The molecule has 0 aromatic carbocycles. The number of carbonyl (C=O) groups is 1. The van der Waals surface area contributed by atoms with E-state index in [0.717, 1.165) is 28.8 Å². The molecule has 0 bridgehead atoms. The molecule has 6 heteroatoms. The van der Waals surface area contributed by atoms with Gasteiger partial charge in [-0.1, -0.05) is 0 Å². The normalized spacial score (nSPS) is 10.9. The maximum absolute atomic E-state index is 12.0. The molecule has 0 spiro atoms. The molecule has 3 aromatic heterocycles. The second-order valence-corrected chi connectivity index (χ2v) is 4.91. The molecule has 0 aliphatic rings. The zero-order valence-corrected chi connectivity index (χ0v) is 11.8. The Balaban J connectivity index is 1.61. The Bertz CT molecular complexity index is 745. The summed E-state index contributed by atoms with van der Waals surface area (Å²) in [7, 11) is 0. The quantitative estimate of drug-likeness (QED) is 0.743. The minimum absolute atomic E-state index is 0.0587. The number of amides is 1. The summed E-state index contributed by atoms with van der Waals surface area (Å²) in [6.07, 6.45) is 4.38. The smallest absolute Gasteiger partial charge is 0.241 e. The van der Waals surface area contributed by atoms with Gasteiger partial charge in [0.25, 0.3) is 0 Å². The van der Waals surface area contributed by atoms with E-state index in [-0.39, 0.29) is 12.5 Å². The number of pyridine rings is 1. The van der Waals surface area contributed by atoms with Crippen molar-refractivity contribution in [2.75, 3.05) is 6.54 Å². The molecule has 3 aromatic rings. The number of nitrogens with zero attached hydrogens (tertiary/aromatic N) is 3. The molecule has 21 heavy (non-hydrogen) atoms. The van der Waals surface area contributed by atoms with Crippen LogP contribution in [-0.4, -0.2) is 32.2 Å². The first kappa shape index (κ1) is 13.4. The Labute approximate surface area is 122 Å². The van der Waals surface area contributed by atoms with Crippen LogP contribution >= 0.6 is 0 Å². The monoisotopic (exact) mass is 283 g/mol. The van der Waals surface area contributed by atoms with Crippen molar-refractivity contribution in [1.82, 2.24) is 25.1 Å². The van der Waals surface area contributed by atoms with Gasteiger partial charge in [-0.15, -0.1) is 0 Å². The van der Waals surface area contributed by atoms with Gasteiger partial charge < -0.3 is 10.3 Å². The number of carbonyl (C=O) groups excluding carboxylic acids is 1. The van der Waals surface area contributed by atoms with Crippen molar-refractivity contribution in [3.05, 3.63) is 48.0 Å². The number of aromatic nitrogens is 4. The van der Waals surface area contributed by atoms with Gasteiger partial charge in [0.15, 0.2) is 5.65 Å². The minimum Gasteiger partial charge on any atom is -0.365 e. The predicted molar refractivity (Wildman–Crippen MR) is 79.8 cm³/mol. The van der Waals surface area contributed by atoms with Gasteiger partial charge in [-0.25, -0.2) is 9.67 Å². The lowest BCUT2D eigenvalue weighted by Crippen LogP contribution is -2.29. The van der Waals surface area contributed by atoms with Crippen LogP contribution in [0.2, 0.25) is 0 Å². The molecule has 3 heterocycles. The van der Waals surface area contributed by atoms with Crippen LogP contribution in [0, 0.1) is 6.92 Å². The van der Waals surface area contributed by atoms with Crippen LogP contribution in [0.4, 0.5) is 0 Å². The second-order valence-electron chi connectivity index (χ2n) is 4.91. The highest BCUT2D eigenvalue weighted by Crippen LogP contribution is 2.14. The molecule has 0 saturated carbocycles. The molecule has 0 aliphatic carbocycles.